The van der Waals surface area contributed by atoms with Gasteiger partial charge in [0.15, 0.2) is 0 Å². The molecule has 21 heavy (non-hydrogen) atoms. The number of methoxy groups -OCH3 is 1. The zero-order valence-electron chi connectivity index (χ0n) is 12.3. The van der Waals surface area contributed by atoms with Gasteiger partial charge in [-0.3, -0.25) is 0 Å². The van der Waals surface area contributed by atoms with Crippen molar-refractivity contribution in [3.63, 3.8) is 0 Å². The molecule has 0 saturated heterocycles. The van der Waals surface area contributed by atoms with Gasteiger partial charge in [-0.1, -0.05) is 0 Å². The predicted molar refractivity (Wildman–Crippen MR) is 80.6 cm³/mol. The van der Waals surface area contributed by atoms with E-state index in [0.717, 1.165) is 30.4 Å². The maximum absolute atomic E-state index is 5.75. The molecule has 5 nitrogen and oxygen atoms in total. The highest BCUT2D eigenvalue weighted by molar-refractivity contribution is 5.31. The molecule has 1 fully saturated rings. The quantitative estimate of drug-likeness (QED) is 0.809. The zero-order chi connectivity index (χ0) is 14.5. The summed E-state index contributed by atoms with van der Waals surface area (Å²) < 4.78 is 13.0. The van der Waals surface area contributed by atoms with Crippen molar-refractivity contribution in [1.82, 2.24) is 14.9 Å². The third-order valence-electron chi connectivity index (χ3n) is 3.59. The molecule has 1 heterocycles. The van der Waals surface area contributed by atoms with E-state index in [0.29, 0.717) is 12.6 Å². The Morgan fingerprint density at radius 2 is 2.00 bits per heavy atom. The van der Waals surface area contributed by atoms with Gasteiger partial charge in [-0.05, 0) is 37.1 Å². The van der Waals surface area contributed by atoms with Crippen LogP contribution in [0, 0.1) is 0 Å². The number of nitrogens with one attached hydrogen (secondary N) is 1. The van der Waals surface area contributed by atoms with Gasteiger partial charge in [0.25, 0.3) is 0 Å². The van der Waals surface area contributed by atoms with Crippen LogP contribution in [0.3, 0.4) is 0 Å². The minimum Gasteiger partial charge on any atom is -0.497 e. The molecular weight excluding hydrogens is 266 g/mol. The fourth-order valence-corrected chi connectivity index (χ4v) is 2.17. The van der Waals surface area contributed by atoms with Crippen molar-refractivity contribution in [3.8, 4) is 11.5 Å². The minimum atomic E-state index is 0.624. The number of imidazole rings is 1. The molecule has 0 unspecified atom stereocenters. The molecule has 1 aromatic heterocycles. The Labute approximate surface area is 124 Å². The van der Waals surface area contributed by atoms with E-state index in [4.69, 9.17) is 9.47 Å². The Balaban J connectivity index is 1.46. The Bertz CT molecular complexity index is 561. The molecule has 1 N–H and O–H groups in total. The molecule has 112 valence electrons. The number of aromatic nitrogens is 2. The van der Waals surface area contributed by atoms with E-state index in [9.17, 15) is 0 Å². The molecule has 0 amide bonds. The summed E-state index contributed by atoms with van der Waals surface area (Å²) in [6.07, 6.45) is 6.43. The molecule has 0 bridgehead atoms. The van der Waals surface area contributed by atoms with Gasteiger partial charge in [0.2, 0.25) is 0 Å². The first-order chi connectivity index (χ1) is 10.3. The van der Waals surface area contributed by atoms with E-state index >= 15 is 0 Å². The lowest BCUT2D eigenvalue weighted by Crippen LogP contribution is -2.20. The number of ether oxygens (including phenoxy) is 2. The number of hydrogen-bond acceptors (Lipinski definition) is 4. The van der Waals surface area contributed by atoms with Crippen LogP contribution in [-0.2, 0) is 13.1 Å². The van der Waals surface area contributed by atoms with E-state index in [1.54, 1.807) is 7.11 Å². The van der Waals surface area contributed by atoms with Gasteiger partial charge in [-0.2, -0.15) is 0 Å². The highest BCUT2D eigenvalue weighted by Crippen LogP contribution is 2.19. The van der Waals surface area contributed by atoms with Gasteiger partial charge in [0, 0.05) is 18.4 Å². The maximum Gasteiger partial charge on any atom is 0.122 e. The Morgan fingerprint density at radius 3 is 2.71 bits per heavy atom. The SMILES string of the molecule is COc1ccc(OCCn2ccnc2CNC2CC2)cc1. The Hall–Kier alpha value is -2.01. The van der Waals surface area contributed by atoms with Crippen LogP contribution in [0.5, 0.6) is 11.5 Å². The molecule has 1 aliphatic carbocycles. The molecule has 2 aromatic rings. The Kier molecular flexibility index (Phi) is 4.40. The highest BCUT2D eigenvalue weighted by atomic mass is 16.5. The molecule has 5 heteroatoms. The fourth-order valence-electron chi connectivity index (χ4n) is 2.17. The molecule has 0 atom stereocenters. The first-order valence-corrected chi connectivity index (χ1v) is 7.35. The standard InChI is InChI=1S/C16H21N3O2/c1-20-14-4-6-15(7-5-14)21-11-10-19-9-8-17-16(19)12-18-13-2-3-13/h4-9,13,18H,2-3,10-12H2,1H3. The molecule has 1 aliphatic rings. The lowest BCUT2D eigenvalue weighted by atomic mass is 10.3. The summed E-state index contributed by atoms with van der Waals surface area (Å²) in [5.74, 6) is 2.76. The van der Waals surface area contributed by atoms with Crippen molar-refractivity contribution in [2.45, 2.75) is 32.0 Å². The highest BCUT2D eigenvalue weighted by Gasteiger charge is 2.20. The van der Waals surface area contributed by atoms with Gasteiger partial charge in [-0.25, -0.2) is 4.98 Å². The third-order valence-corrected chi connectivity index (χ3v) is 3.59. The summed E-state index contributed by atoms with van der Waals surface area (Å²) in [4.78, 5) is 4.39. The van der Waals surface area contributed by atoms with Crippen LogP contribution in [0.25, 0.3) is 0 Å². The third kappa shape index (κ3) is 3.98. The fraction of sp³-hybridized carbons (Fsp3) is 0.438. The van der Waals surface area contributed by atoms with Gasteiger partial charge < -0.3 is 19.4 Å². The maximum atomic E-state index is 5.75. The van der Waals surface area contributed by atoms with Crippen LogP contribution in [0.1, 0.15) is 18.7 Å². The normalized spacial score (nSPS) is 14.1. The predicted octanol–water partition coefficient (Wildman–Crippen LogP) is 2.22. The summed E-state index contributed by atoms with van der Waals surface area (Å²) in [7, 11) is 1.66. The van der Waals surface area contributed by atoms with Crippen LogP contribution >= 0.6 is 0 Å². The summed E-state index contributed by atoms with van der Waals surface area (Å²) in [6.45, 7) is 2.26. The second-order valence-electron chi connectivity index (χ2n) is 5.22. The van der Waals surface area contributed by atoms with Crippen LogP contribution in [0.4, 0.5) is 0 Å². The first-order valence-electron chi connectivity index (χ1n) is 7.35. The van der Waals surface area contributed by atoms with Crippen molar-refractivity contribution in [2.24, 2.45) is 0 Å². The van der Waals surface area contributed by atoms with Crippen LogP contribution < -0.4 is 14.8 Å². The van der Waals surface area contributed by atoms with Crippen molar-refractivity contribution in [2.75, 3.05) is 13.7 Å². The smallest absolute Gasteiger partial charge is 0.122 e. The van der Waals surface area contributed by atoms with Crippen molar-refractivity contribution >= 4 is 0 Å². The van der Waals surface area contributed by atoms with Crippen LogP contribution in [0.2, 0.25) is 0 Å². The zero-order valence-corrected chi connectivity index (χ0v) is 12.3. The van der Waals surface area contributed by atoms with Gasteiger partial charge in [0.1, 0.15) is 23.9 Å². The van der Waals surface area contributed by atoms with Crippen LogP contribution in [-0.4, -0.2) is 29.3 Å². The van der Waals surface area contributed by atoms with Gasteiger partial charge in [-0.15, -0.1) is 0 Å². The van der Waals surface area contributed by atoms with Gasteiger partial charge >= 0.3 is 0 Å². The molecule has 0 aliphatic heterocycles. The number of rotatable bonds is 8. The van der Waals surface area contributed by atoms with E-state index in [-0.39, 0.29) is 0 Å². The average Bonchev–Trinajstić information content (AvgIpc) is 3.25. The van der Waals surface area contributed by atoms with E-state index in [1.165, 1.54) is 12.8 Å². The average molecular weight is 287 g/mol. The van der Waals surface area contributed by atoms with Crippen molar-refractivity contribution < 1.29 is 9.47 Å². The first kappa shape index (κ1) is 13.9. The molecule has 1 aromatic carbocycles. The minimum absolute atomic E-state index is 0.624. The molecule has 0 spiro atoms. The lowest BCUT2D eigenvalue weighted by molar-refractivity contribution is 0.295. The summed E-state index contributed by atoms with van der Waals surface area (Å²) in [6, 6.07) is 8.34. The molecule has 1 saturated carbocycles. The van der Waals surface area contributed by atoms with Crippen LogP contribution in [0.15, 0.2) is 36.7 Å². The monoisotopic (exact) mass is 287 g/mol. The van der Waals surface area contributed by atoms with Crippen molar-refractivity contribution in [1.29, 1.82) is 0 Å². The molecule has 3 rings (SSSR count). The summed E-state index contributed by atoms with van der Waals surface area (Å²) >= 11 is 0. The van der Waals surface area contributed by atoms with E-state index in [1.807, 2.05) is 36.7 Å². The molecular formula is C16H21N3O2. The van der Waals surface area contributed by atoms with E-state index < -0.39 is 0 Å². The Morgan fingerprint density at radius 1 is 1.24 bits per heavy atom. The largest absolute Gasteiger partial charge is 0.497 e. The van der Waals surface area contributed by atoms with Crippen molar-refractivity contribution in [3.05, 3.63) is 42.5 Å². The number of nitrogens with zero attached hydrogens (tertiary/aromatic N) is 2. The topological polar surface area (TPSA) is 48.3 Å². The lowest BCUT2D eigenvalue weighted by Gasteiger charge is -2.10. The number of benzene rings is 1. The summed E-state index contributed by atoms with van der Waals surface area (Å²) in [5, 5.41) is 3.48. The van der Waals surface area contributed by atoms with E-state index in [2.05, 4.69) is 14.9 Å². The van der Waals surface area contributed by atoms with Gasteiger partial charge in [0.05, 0.1) is 20.2 Å². The number of hydrogen-bond donors (Lipinski definition) is 1. The second-order valence-corrected chi connectivity index (χ2v) is 5.22. The second kappa shape index (κ2) is 6.63. The summed E-state index contributed by atoms with van der Waals surface area (Å²) in [5.41, 5.74) is 0. The molecule has 0 radical (unpaired) electrons.